The molecule has 0 saturated heterocycles. The molecule has 158 valence electrons. The van der Waals surface area contributed by atoms with Crippen molar-refractivity contribution in [3.63, 3.8) is 0 Å². The molecular weight excluding hydrogens is 477 g/mol. The number of aliphatic imine (C=N–C) groups is 1. The number of aromatic amines is 1. The third-order valence-electron chi connectivity index (χ3n) is 4.87. The summed E-state index contributed by atoms with van der Waals surface area (Å²) in [5.74, 6) is 1.76. The highest BCUT2D eigenvalue weighted by Gasteiger charge is 2.16. The second-order valence-corrected chi connectivity index (χ2v) is 7.25. The van der Waals surface area contributed by atoms with Crippen LogP contribution in [0.5, 0.6) is 0 Å². The smallest absolute Gasteiger partial charge is 0.191 e. The van der Waals surface area contributed by atoms with Crippen LogP contribution in [-0.2, 0) is 6.42 Å². The van der Waals surface area contributed by atoms with E-state index in [0.717, 1.165) is 31.2 Å². The van der Waals surface area contributed by atoms with E-state index in [0.29, 0.717) is 6.54 Å². The molecule has 0 saturated carbocycles. The number of fused-ring (bicyclic) bond motifs is 1. The van der Waals surface area contributed by atoms with Gasteiger partial charge in [0.25, 0.3) is 0 Å². The standard InChI is InChI=1S/C22H31N5O.HI/c1-5-23-22(26-15-20(27(3)4)21-7-6-12-28-21)24-11-10-17-14-25-19-13-16(2)8-9-18(17)19;/h6-9,12-14,20,25H,5,10-11,15H2,1-4H3,(H2,23,24,26);1H. The van der Waals surface area contributed by atoms with Crippen LogP contribution in [-0.4, -0.2) is 49.6 Å². The molecule has 0 aliphatic rings. The van der Waals surface area contributed by atoms with E-state index in [1.165, 1.54) is 22.0 Å². The van der Waals surface area contributed by atoms with E-state index in [9.17, 15) is 0 Å². The Balaban J connectivity index is 0.00000300. The van der Waals surface area contributed by atoms with Gasteiger partial charge in [-0.3, -0.25) is 9.89 Å². The molecule has 0 aliphatic carbocycles. The second kappa shape index (κ2) is 11.3. The maximum atomic E-state index is 5.57. The first-order chi connectivity index (χ1) is 13.6. The summed E-state index contributed by atoms with van der Waals surface area (Å²) in [4.78, 5) is 10.3. The number of guanidine groups is 1. The normalized spacial score (nSPS) is 12.8. The zero-order valence-corrected chi connectivity index (χ0v) is 20.0. The van der Waals surface area contributed by atoms with Crippen LogP contribution in [0, 0.1) is 6.92 Å². The van der Waals surface area contributed by atoms with E-state index in [-0.39, 0.29) is 30.0 Å². The van der Waals surface area contributed by atoms with Gasteiger partial charge in [-0.05, 0) is 63.7 Å². The number of hydrogen-bond acceptors (Lipinski definition) is 3. The summed E-state index contributed by atoms with van der Waals surface area (Å²) < 4.78 is 5.57. The lowest BCUT2D eigenvalue weighted by atomic mass is 10.1. The fourth-order valence-electron chi connectivity index (χ4n) is 3.33. The number of halogens is 1. The Labute approximate surface area is 190 Å². The molecule has 3 rings (SSSR count). The van der Waals surface area contributed by atoms with E-state index in [1.807, 2.05) is 26.2 Å². The quantitative estimate of drug-likeness (QED) is 0.243. The molecule has 2 aromatic heterocycles. The lowest BCUT2D eigenvalue weighted by molar-refractivity contribution is 0.265. The molecule has 0 spiro atoms. The molecule has 2 heterocycles. The number of nitrogens with zero attached hydrogens (tertiary/aromatic N) is 2. The van der Waals surface area contributed by atoms with Crippen LogP contribution >= 0.6 is 24.0 Å². The Morgan fingerprint density at radius 3 is 2.76 bits per heavy atom. The maximum Gasteiger partial charge on any atom is 0.191 e. The summed E-state index contributed by atoms with van der Waals surface area (Å²) in [5.41, 5.74) is 3.79. The summed E-state index contributed by atoms with van der Waals surface area (Å²) in [5, 5.41) is 8.07. The molecular formula is C22H32IN5O. The van der Waals surface area contributed by atoms with Crippen molar-refractivity contribution in [2.45, 2.75) is 26.3 Å². The topological polar surface area (TPSA) is 68.6 Å². The molecule has 7 heteroatoms. The van der Waals surface area contributed by atoms with Crippen molar-refractivity contribution in [1.29, 1.82) is 0 Å². The van der Waals surface area contributed by atoms with Crippen molar-refractivity contribution in [3.8, 4) is 0 Å². The van der Waals surface area contributed by atoms with E-state index < -0.39 is 0 Å². The van der Waals surface area contributed by atoms with E-state index >= 15 is 0 Å². The molecule has 3 N–H and O–H groups in total. The lowest BCUT2D eigenvalue weighted by Crippen LogP contribution is -2.39. The molecule has 3 aromatic rings. The van der Waals surface area contributed by atoms with Crippen LogP contribution in [0.3, 0.4) is 0 Å². The van der Waals surface area contributed by atoms with Crippen molar-refractivity contribution >= 4 is 40.8 Å². The van der Waals surface area contributed by atoms with Crippen LogP contribution in [0.1, 0.15) is 29.9 Å². The molecule has 1 aromatic carbocycles. The average molecular weight is 509 g/mol. The molecule has 0 fully saturated rings. The van der Waals surface area contributed by atoms with Crippen LogP contribution in [0.15, 0.2) is 52.2 Å². The number of H-pyrrole nitrogens is 1. The third kappa shape index (κ3) is 6.24. The highest BCUT2D eigenvalue weighted by molar-refractivity contribution is 14.0. The molecule has 29 heavy (non-hydrogen) atoms. The zero-order chi connectivity index (χ0) is 19.9. The average Bonchev–Trinajstić information content (AvgIpc) is 3.32. The number of hydrogen-bond donors (Lipinski definition) is 3. The second-order valence-electron chi connectivity index (χ2n) is 7.25. The van der Waals surface area contributed by atoms with Gasteiger partial charge in [0.15, 0.2) is 5.96 Å². The van der Waals surface area contributed by atoms with Gasteiger partial charge in [0.2, 0.25) is 0 Å². The Morgan fingerprint density at radius 1 is 1.24 bits per heavy atom. The van der Waals surface area contributed by atoms with Gasteiger partial charge in [0, 0.05) is 30.2 Å². The van der Waals surface area contributed by atoms with Crippen molar-refractivity contribution < 1.29 is 4.42 Å². The number of likely N-dealkylation sites (N-methyl/N-ethyl adjacent to an activating group) is 1. The minimum absolute atomic E-state index is 0. The molecule has 0 bridgehead atoms. The van der Waals surface area contributed by atoms with Gasteiger partial charge in [0.1, 0.15) is 5.76 Å². The first-order valence-corrected chi connectivity index (χ1v) is 9.87. The first kappa shape index (κ1) is 23.3. The van der Waals surface area contributed by atoms with E-state index in [1.54, 1.807) is 6.26 Å². The minimum atomic E-state index is 0. The van der Waals surface area contributed by atoms with Gasteiger partial charge in [-0.15, -0.1) is 24.0 Å². The Bertz CT molecular complexity index is 901. The number of rotatable bonds is 8. The number of benzene rings is 1. The summed E-state index contributed by atoms with van der Waals surface area (Å²) in [7, 11) is 4.09. The molecule has 0 aliphatic heterocycles. The van der Waals surface area contributed by atoms with E-state index in [2.05, 4.69) is 58.8 Å². The number of aryl methyl sites for hydroxylation is 1. The largest absolute Gasteiger partial charge is 0.468 e. The van der Waals surface area contributed by atoms with E-state index in [4.69, 9.17) is 9.41 Å². The Kier molecular flexibility index (Phi) is 9.03. The third-order valence-corrected chi connectivity index (χ3v) is 4.87. The summed E-state index contributed by atoms with van der Waals surface area (Å²) in [6.07, 6.45) is 4.75. The predicted octanol–water partition coefficient (Wildman–Crippen LogP) is 4.09. The highest BCUT2D eigenvalue weighted by Crippen LogP contribution is 2.20. The van der Waals surface area contributed by atoms with Crippen LogP contribution in [0.2, 0.25) is 0 Å². The van der Waals surface area contributed by atoms with Gasteiger partial charge >= 0.3 is 0 Å². The lowest BCUT2D eigenvalue weighted by Gasteiger charge is -2.21. The van der Waals surface area contributed by atoms with Gasteiger partial charge in [-0.25, -0.2) is 0 Å². The van der Waals surface area contributed by atoms with Crippen molar-refractivity contribution in [2.75, 3.05) is 33.7 Å². The summed E-state index contributed by atoms with van der Waals surface area (Å²) in [6, 6.07) is 10.6. The Hall–Kier alpha value is -2.00. The maximum absolute atomic E-state index is 5.57. The SMILES string of the molecule is CCNC(=NCC(c1ccco1)N(C)C)NCCc1c[nH]c2cc(C)ccc12.I. The zero-order valence-electron chi connectivity index (χ0n) is 17.7. The first-order valence-electron chi connectivity index (χ1n) is 9.87. The van der Waals surface area contributed by atoms with Gasteiger partial charge in [0.05, 0.1) is 18.8 Å². The number of aromatic nitrogens is 1. The predicted molar refractivity (Wildman–Crippen MR) is 131 cm³/mol. The highest BCUT2D eigenvalue weighted by atomic mass is 127. The molecule has 1 atom stereocenters. The minimum Gasteiger partial charge on any atom is -0.468 e. The van der Waals surface area contributed by atoms with Crippen molar-refractivity contribution in [3.05, 3.63) is 59.7 Å². The molecule has 6 nitrogen and oxygen atoms in total. The molecule has 0 amide bonds. The number of furan rings is 1. The summed E-state index contributed by atoms with van der Waals surface area (Å²) >= 11 is 0. The number of nitrogens with one attached hydrogen (secondary N) is 3. The van der Waals surface area contributed by atoms with Crippen LogP contribution < -0.4 is 10.6 Å². The van der Waals surface area contributed by atoms with Crippen molar-refractivity contribution in [2.24, 2.45) is 4.99 Å². The molecule has 1 unspecified atom stereocenters. The monoisotopic (exact) mass is 509 g/mol. The van der Waals surface area contributed by atoms with Gasteiger partial charge < -0.3 is 20.0 Å². The van der Waals surface area contributed by atoms with Gasteiger partial charge in [-0.2, -0.15) is 0 Å². The van der Waals surface area contributed by atoms with Gasteiger partial charge in [-0.1, -0.05) is 12.1 Å². The molecule has 0 radical (unpaired) electrons. The fourth-order valence-corrected chi connectivity index (χ4v) is 3.33. The van der Waals surface area contributed by atoms with Crippen LogP contribution in [0.4, 0.5) is 0 Å². The summed E-state index contributed by atoms with van der Waals surface area (Å²) in [6.45, 7) is 6.47. The Morgan fingerprint density at radius 2 is 2.07 bits per heavy atom. The fraction of sp³-hybridized carbons (Fsp3) is 0.409. The van der Waals surface area contributed by atoms with Crippen molar-refractivity contribution in [1.82, 2.24) is 20.5 Å². The van der Waals surface area contributed by atoms with Crippen LogP contribution in [0.25, 0.3) is 10.9 Å².